The minimum atomic E-state index is -1.96. The molecule has 2 fully saturated rings. The summed E-state index contributed by atoms with van der Waals surface area (Å²) in [5, 5.41) is 13.6. The van der Waals surface area contributed by atoms with Crippen LogP contribution < -0.4 is 10.2 Å². The summed E-state index contributed by atoms with van der Waals surface area (Å²) in [5.41, 5.74) is -0.527. The summed E-state index contributed by atoms with van der Waals surface area (Å²) in [6.07, 6.45) is 2.87. The largest absolute Gasteiger partial charge is 0.375 e. The van der Waals surface area contributed by atoms with E-state index in [1.165, 1.54) is 11.0 Å². The molecule has 0 radical (unpaired) electrons. The number of carbonyl (C=O) groups is 4. The third kappa shape index (κ3) is 2.99. The van der Waals surface area contributed by atoms with Gasteiger partial charge < -0.3 is 10.4 Å². The van der Waals surface area contributed by atoms with Crippen LogP contribution in [0.5, 0.6) is 0 Å². The van der Waals surface area contributed by atoms with Gasteiger partial charge in [0.15, 0.2) is 11.4 Å². The Kier molecular flexibility index (Phi) is 4.51. The molecule has 1 aliphatic carbocycles. The highest BCUT2D eigenvalue weighted by atomic mass is 16.3. The molecule has 1 saturated heterocycles. The number of para-hydroxylation sites is 1. The Morgan fingerprint density at radius 1 is 1.00 bits per heavy atom. The van der Waals surface area contributed by atoms with Crippen LogP contribution in [0.3, 0.4) is 0 Å². The number of benzene rings is 2. The summed E-state index contributed by atoms with van der Waals surface area (Å²) in [4.78, 5) is 52.4. The van der Waals surface area contributed by atoms with Gasteiger partial charge in [0.2, 0.25) is 11.8 Å². The zero-order valence-electron chi connectivity index (χ0n) is 16.8. The van der Waals surface area contributed by atoms with E-state index in [1.807, 2.05) is 0 Å². The number of ketones is 1. The Morgan fingerprint density at radius 3 is 2.39 bits per heavy atom. The second kappa shape index (κ2) is 7.13. The fraction of sp³-hybridized carbons (Fsp3) is 0.333. The molecule has 7 nitrogen and oxygen atoms in total. The first-order chi connectivity index (χ1) is 14.9. The number of fused-ring (bicyclic) bond motifs is 2. The molecule has 3 amide bonds. The summed E-state index contributed by atoms with van der Waals surface area (Å²) in [5.74, 6) is -2.07. The number of anilines is 2. The maximum atomic E-state index is 13.0. The van der Waals surface area contributed by atoms with Crippen LogP contribution >= 0.6 is 0 Å². The van der Waals surface area contributed by atoms with Crippen LogP contribution in [0.25, 0.3) is 0 Å². The molecule has 2 heterocycles. The van der Waals surface area contributed by atoms with Gasteiger partial charge in [0.25, 0.3) is 5.91 Å². The Labute approximate surface area is 179 Å². The fourth-order valence-corrected chi connectivity index (χ4v) is 5.05. The molecule has 0 aromatic heterocycles. The average Bonchev–Trinajstić information content (AvgIpc) is 3.18. The molecule has 31 heavy (non-hydrogen) atoms. The third-order valence-electron chi connectivity index (χ3n) is 6.68. The number of hydrogen-bond donors (Lipinski definition) is 2. The minimum Gasteiger partial charge on any atom is -0.375 e. The molecule has 5 rings (SSSR count). The number of nitrogens with zero attached hydrogens (tertiary/aromatic N) is 1. The number of nitrogens with one attached hydrogen (secondary N) is 1. The number of rotatable bonds is 4. The first-order valence-corrected chi connectivity index (χ1v) is 10.5. The lowest BCUT2D eigenvalue weighted by molar-refractivity contribution is -0.133. The van der Waals surface area contributed by atoms with Crippen molar-refractivity contribution in [2.24, 2.45) is 11.8 Å². The lowest BCUT2D eigenvalue weighted by atomic mass is 9.81. The summed E-state index contributed by atoms with van der Waals surface area (Å²) in [7, 11) is 0. The molecule has 0 bridgehead atoms. The van der Waals surface area contributed by atoms with E-state index in [9.17, 15) is 24.3 Å². The zero-order chi connectivity index (χ0) is 21.8. The number of aliphatic hydroxyl groups is 1. The van der Waals surface area contributed by atoms with Gasteiger partial charge in [-0.25, -0.2) is 0 Å². The third-order valence-corrected chi connectivity index (χ3v) is 6.68. The van der Waals surface area contributed by atoms with Crippen molar-refractivity contribution in [2.45, 2.75) is 37.7 Å². The van der Waals surface area contributed by atoms with Gasteiger partial charge in [0.1, 0.15) is 0 Å². The van der Waals surface area contributed by atoms with Crippen LogP contribution in [0.2, 0.25) is 0 Å². The number of carbonyl (C=O) groups excluding carboxylic acids is 4. The lowest BCUT2D eigenvalue weighted by Crippen LogP contribution is -2.36. The molecule has 3 atom stereocenters. The molecule has 0 unspecified atom stereocenters. The Morgan fingerprint density at radius 2 is 1.68 bits per heavy atom. The fourth-order valence-electron chi connectivity index (χ4n) is 5.05. The van der Waals surface area contributed by atoms with E-state index < -0.39 is 23.7 Å². The van der Waals surface area contributed by atoms with Crippen molar-refractivity contribution in [3.63, 3.8) is 0 Å². The monoisotopic (exact) mass is 418 g/mol. The molecule has 0 spiro atoms. The number of amides is 3. The smallest absolute Gasteiger partial charge is 0.261 e. The number of Topliss-reactive ketones (excluding diaryl/α,β-unsaturated/α-hetero) is 1. The molecule has 2 aliphatic heterocycles. The molecular formula is C24H22N2O5. The standard InChI is InChI=1S/C24H22N2O5/c27-20(13-24(31)18-10-3-4-11-19(18)25-23(24)30)14-6-5-7-15(12-14)26-21(28)16-8-1-2-9-17(16)22(26)29/h3-7,10-12,16-17,31H,1-2,8-9,13H2,(H,25,30)/t16-,17+,24-/m1/s1. The van der Waals surface area contributed by atoms with E-state index in [4.69, 9.17) is 0 Å². The summed E-state index contributed by atoms with van der Waals surface area (Å²) in [6.45, 7) is 0. The van der Waals surface area contributed by atoms with Gasteiger partial charge in [-0.2, -0.15) is 0 Å². The molecule has 2 aromatic rings. The highest BCUT2D eigenvalue weighted by Gasteiger charge is 2.49. The lowest BCUT2D eigenvalue weighted by Gasteiger charge is -2.20. The quantitative estimate of drug-likeness (QED) is 0.587. The van der Waals surface area contributed by atoms with Crippen molar-refractivity contribution in [3.05, 3.63) is 59.7 Å². The normalized spacial score (nSPS) is 27.1. The van der Waals surface area contributed by atoms with E-state index in [2.05, 4.69) is 5.32 Å². The van der Waals surface area contributed by atoms with Crippen LogP contribution in [-0.4, -0.2) is 28.6 Å². The molecule has 3 aliphatic rings. The molecule has 7 heteroatoms. The molecule has 158 valence electrons. The van der Waals surface area contributed by atoms with Crippen LogP contribution in [0.4, 0.5) is 11.4 Å². The highest BCUT2D eigenvalue weighted by molar-refractivity contribution is 6.22. The van der Waals surface area contributed by atoms with Crippen LogP contribution in [0.15, 0.2) is 48.5 Å². The Bertz CT molecular complexity index is 1100. The summed E-state index contributed by atoms with van der Waals surface area (Å²) >= 11 is 0. The van der Waals surface area contributed by atoms with Crippen molar-refractivity contribution in [2.75, 3.05) is 10.2 Å². The predicted octanol–water partition coefficient (Wildman–Crippen LogP) is 2.78. The van der Waals surface area contributed by atoms with Gasteiger partial charge in [-0.05, 0) is 31.0 Å². The van der Waals surface area contributed by atoms with Gasteiger partial charge in [-0.1, -0.05) is 43.2 Å². The van der Waals surface area contributed by atoms with Crippen LogP contribution in [-0.2, 0) is 20.0 Å². The highest BCUT2D eigenvalue weighted by Crippen LogP contribution is 2.41. The van der Waals surface area contributed by atoms with Crippen molar-refractivity contribution in [3.8, 4) is 0 Å². The van der Waals surface area contributed by atoms with Crippen LogP contribution in [0, 0.1) is 11.8 Å². The summed E-state index contributed by atoms with van der Waals surface area (Å²) in [6, 6.07) is 13.0. The maximum Gasteiger partial charge on any atom is 0.261 e. The first kappa shape index (κ1) is 19.6. The van der Waals surface area contributed by atoms with E-state index in [0.29, 0.717) is 29.8 Å². The second-order valence-electron chi connectivity index (χ2n) is 8.52. The van der Waals surface area contributed by atoms with Gasteiger partial charge in [0, 0.05) is 16.8 Å². The van der Waals surface area contributed by atoms with E-state index in [0.717, 1.165) is 12.8 Å². The molecule has 2 aromatic carbocycles. The Balaban J connectivity index is 1.42. The van der Waals surface area contributed by atoms with E-state index >= 15 is 0 Å². The van der Waals surface area contributed by atoms with Gasteiger partial charge >= 0.3 is 0 Å². The maximum absolute atomic E-state index is 13.0. The number of imide groups is 1. The van der Waals surface area contributed by atoms with Gasteiger partial charge in [0.05, 0.1) is 23.9 Å². The van der Waals surface area contributed by atoms with Gasteiger partial charge in [-0.15, -0.1) is 0 Å². The first-order valence-electron chi connectivity index (χ1n) is 10.5. The molecule has 2 N–H and O–H groups in total. The second-order valence-corrected chi connectivity index (χ2v) is 8.52. The summed E-state index contributed by atoms with van der Waals surface area (Å²) < 4.78 is 0. The zero-order valence-corrected chi connectivity index (χ0v) is 16.8. The predicted molar refractivity (Wildman–Crippen MR) is 112 cm³/mol. The van der Waals surface area contributed by atoms with Crippen LogP contribution in [0.1, 0.15) is 48.0 Å². The molecular weight excluding hydrogens is 396 g/mol. The topological polar surface area (TPSA) is 104 Å². The Hall–Kier alpha value is -3.32. The van der Waals surface area contributed by atoms with Crippen molar-refractivity contribution in [1.82, 2.24) is 0 Å². The van der Waals surface area contributed by atoms with E-state index in [-0.39, 0.29) is 29.2 Å². The average molecular weight is 418 g/mol. The van der Waals surface area contributed by atoms with Crippen molar-refractivity contribution < 1.29 is 24.3 Å². The number of hydrogen-bond acceptors (Lipinski definition) is 5. The van der Waals surface area contributed by atoms with Gasteiger partial charge in [-0.3, -0.25) is 24.1 Å². The SMILES string of the molecule is O=C(C[C@]1(O)C(=O)Nc2ccccc21)c1cccc(N2C(=O)[C@H]3CCCC[C@H]3C2=O)c1. The van der Waals surface area contributed by atoms with Crippen molar-refractivity contribution >= 4 is 34.9 Å². The molecule has 1 saturated carbocycles. The van der Waals surface area contributed by atoms with Crippen molar-refractivity contribution in [1.29, 1.82) is 0 Å². The van der Waals surface area contributed by atoms with E-state index in [1.54, 1.807) is 42.5 Å². The minimum absolute atomic E-state index is 0.206.